The second-order valence-corrected chi connectivity index (χ2v) is 5.76. The van der Waals surface area contributed by atoms with E-state index >= 15 is 0 Å². The van der Waals surface area contributed by atoms with Crippen LogP contribution in [0.2, 0.25) is 0 Å². The predicted octanol–water partition coefficient (Wildman–Crippen LogP) is -0.872. The third kappa shape index (κ3) is 15.5. The number of ether oxygens (including phenoxy) is 1. The Labute approximate surface area is 150 Å². The van der Waals surface area contributed by atoms with Crippen LogP contribution in [0.3, 0.4) is 0 Å². The van der Waals surface area contributed by atoms with E-state index in [9.17, 15) is 4.79 Å². The molecule has 0 saturated heterocycles. The first-order valence-corrected chi connectivity index (χ1v) is 6.82. The van der Waals surface area contributed by atoms with Gasteiger partial charge in [-0.3, -0.25) is 0 Å². The van der Waals surface area contributed by atoms with Gasteiger partial charge >= 0.3 is 35.7 Å². The van der Waals surface area contributed by atoms with Crippen molar-refractivity contribution in [3.8, 4) is 0 Å². The molecule has 1 aliphatic carbocycles. The molecule has 21 heavy (non-hydrogen) atoms. The fourth-order valence-electron chi connectivity index (χ4n) is 1.68. The zero-order chi connectivity index (χ0) is 15.6. The Kier molecular flexibility index (Phi) is 12.8. The van der Waals surface area contributed by atoms with Gasteiger partial charge in [0, 0.05) is 6.04 Å². The van der Waals surface area contributed by atoms with Crippen LogP contribution in [-0.2, 0) is 4.74 Å². The molecule has 0 atom stereocenters. The second-order valence-electron chi connectivity index (χ2n) is 5.76. The van der Waals surface area contributed by atoms with Gasteiger partial charge in [-0.1, -0.05) is 24.9 Å². The summed E-state index contributed by atoms with van der Waals surface area (Å²) in [6, 6.07) is 0.342. The summed E-state index contributed by atoms with van der Waals surface area (Å²) in [5.41, 5.74) is 10.1. The topological polar surface area (TPSA) is 103 Å². The van der Waals surface area contributed by atoms with Crippen LogP contribution in [-0.4, -0.2) is 24.1 Å². The van der Waals surface area contributed by atoms with Gasteiger partial charge in [-0.05, 0) is 40.5 Å². The van der Waals surface area contributed by atoms with Crippen LogP contribution in [0.4, 0.5) is 4.79 Å². The van der Waals surface area contributed by atoms with Gasteiger partial charge in [-0.2, -0.15) is 0 Å². The number of carbonyl (C=O) groups is 1. The van der Waals surface area contributed by atoms with Crippen LogP contribution >= 0.6 is 0 Å². The summed E-state index contributed by atoms with van der Waals surface area (Å²) < 4.78 is 5.15. The van der Waals surface area contributed by atoms with Crippen molar-refractivity contribution in [2.75, 3.05) is 0 Å². The molecule has 1 rings (SSSR count). The van der Waals surface area contributed by atoms with Crippen LogP contribution in [0.1, 0.15) is 53.4 Å². The molecule has 0 aromatic rings. The van der Waals surface area contributed by atoms with E-state index in [4.69, 9.17) is 16.2 Å². The molecule has 0 aromatic heterocycles. The SMILES string of the molecule is C/C(N)=C/N=[C-]N.CC(C)(C)OC(=O)NC1CCCC1.[Na+]. The van der Waals surface area contributed by atoms with Crippen LogP contribution in [0.5, 0.6) is 0 Å². The summed E-state index contributed by atoms with van der Waals surface area (Å²) in [4.78, 5) is 14.7. The van der Waals surface area contributed by atoms with Crippen molar-refractivity contribution >= 4 is 12.4 Å². The van der Waals surface area contributed by atoms with E-state index in [0.717, 1.165) is 12.8 Å². The Bertz CT molecular complexity index is 341. The van der Waals surface area contributed by atoms with Crippen molar-refractivity contribution in [1.82, 2.24) is 5.32 Å². The average Bonchev–Trinajstić information content (AvgIpc) is 2.77. The van der Waals surface area contributed by atoms with Gasteiger partial charge < -0.3 is 26.5 Å². The molecule has 116 valence electrons. The van der Waals surface area contributed by atoms with Crippen molar-refractivity contribution in [2.45, 2.75) is 65.0 Å². The maximum atomic E-state index is 11.3. The van der Waals surface area contributed by atoms with Gasteiger partial charge in [-0.25, -0.2) is 4.79 Å². The third-order valence-electron chi connectivity index (χ3n) is 2.42. The van der Waals surface area contributed by atoms with Crippen LogP contribution < -0.4 is 46.3 Å². The molecular formula is C14H27N4NaO2. The van der Waals surface area contributed by atoms with E-state index in [1.807, 2.05) is 20.8 Å². The standard InChI is InChI=1S/C10H19NO2.C4H8N3.Na/c1-10(2,3)13-9(12)11-8-6-4-5-7-8;1-4(6)2-7-3-5;/h8H,4-7H2,1-3H3,(H,11,12);2H,6H2,1H3,(H2,5,7);/q;-1;+1/b;4-2-;. The summed E-state index contributed by atoms with van der Waals surface area (Å²) in [6.45, 7) is 7.35. The van der Waals surface area contributed by atoms with Crippen LogP contribution in [0, 0.1) is 0 Å². The maximum Gasteiger partial charge on any atom is 1.00 e. The number of allylic oxidation sites excluding steroid dienone is 1. The number of amides is 1. The van der Waals surface area contributed by atoms with Crippen molar-refractivity contribution in [3.63, 3.8) is 0 Å². The monoisotopic (exact) mass is 306 g/mol. The van der Waals surface area contributed by atoms with Crippen molar-refractivity contribution in [1.29, 1.82) is 0 Å². The first kappa shape index (κ1) is 22.6. The molecule has 1 amide bonds. The normalized spacial score (nSPS) is 15.9. The molecule has 5 N–H and O–H groups in total. The Hall–Kier alpha value is -0.720. The Morgan fingerprint density at radius 1 is 1.38 bits per heavy atom. The zero-order valence-electron chi connectivity index (χ0n) is 13.9. The van der Waals surface area contributed by atoms with Crippen molar-refractivity contribution in [2.24, 2.45) is 16.5 Å². The fourth-order valence-corrected chi connectivity index (χ4v) is 1.68. The molecule has 0 spiro atoms. The first-order chi connectivity index (χ1) is 9.24. The number of nitrogens with two attached hydrogens (primary N) is 2. The fraction of sp³-hybridized carbons (Fsp3) is 0.714. The van der Waals surface area contributed by atoms with Gasteiger partial charge in [-0.15, -0.1) is 6.20 Å². The molecule has 0 aliphatic heterocycles. The number of hydrogen-bond acceptors (Lipinski definition) is 4. The van der Waals surface area contributed by atoms with E-state index in [2.05, 4.69) is 16.6 Å². The van der Waals surface area contributed by atoms with Crippen LogP contribution in [0.15, 0.2) is 16.9 Å². The third-order valence-corrected chi connectivity index (χ3v) is 2.42. The zero-order valence-corrected chi connectivity index (χ0v) is 15.9. The minimum atomic E-state index is -0.386. The first-order valence-electron chi connectivity index (χ1n) is 6.82. The molecule has 7 heteroatoms. The quantitative estimate of drug-likeness (QED) is 0.203. The summed E-state index contributed by atoms with van der Waals surface area (Å²) in [5, 5.41) is 2.87. The smallest absolute Gasteiger partial charge is 0.473 e. The van der Waals surface area contributed by atoms with E-state index in [1.54, 1.807) is 6.92 Å². The maximum absolute atomic E-state index is 11.3. The summed E-state index contributed by atoms with van der Waals surface area (Å²) in [5.74, 6) is 0. The van der Waals surface area contributed by atoms with Gasteiger partial charge in [0.15, 0.2) is 0 Å². The number of nitrogens with zero attached hydrogens (tertiary/aromatic N) is 1. The molecular weight excluding hydrogens is 279 g/mol. The minimum Gasteiger partial charge on any atom is -0.473 e. The second kappa shape index (κ2) is 11.9. The van der Waals surface area contributed by atoms with Gasteiger partial charge in [0.05, 0.1) is 0 Å². The number of alkyl carbamates (subject to hydrolysis) is 1. The molecule has 1 aliphatic rings. The average molecular weight is 306 g/mol. The molecule has 1 saturated carbocycles. The summed E-state index contributed by atoms with van der Waals surface area (Å²) >= 11 is 0. The van der Waals surface area contributed by atoms with E-state index in [0.29, 0.717) is 11.7 Å². The number of aliphatic imine (C=N–C) groups is 1. The predicted molar refractivity (Wildman–Crippen MR) is 81.2 cm³/mol. The van der Waals surface area contributed by atoms with Gasteiger partial charge in [0.2, 0.25) is 0 Å². The Morgan fingerprint density at radius 2 is 1.90 bits per heavy atom. The largest absolute Gasteiger partial charge is 1.00 e. The van der Waals surface area contributed by atoms with Crippen molar-refractivity contribution in [3.05, 3.63) is 11.9 Å². The van der Waals surface area contributed by atoms with Crippen molar-refractivity contribution < 1.29 is 39.1 Å². The summed E-state index contributed by atoms with van der Waals surface area (Å²) in [7, 11) is 0. The Morgan fingerprint density at radius 3 is 2.24 bits per heavy atom. The van der Waals surface area contributed by atoms with E-state index < -0.39 is 0 Å². The van der Waals surface area contributed by atoms with E-state index in [1.165, 1.54) is 19.0 Å². The van der Waals surface area contributed by atoms with Gasteiger partial charge in [0.1, 0.15) is 5.60 Å². The molecule has 0 aromatic carbocycles. The number of hydrogen-bond donors (Lipinski definition) is 3. The van der Waals surface area contributed by atoms with Gasteiger partial charge in [0.25, 0.3) is 0 Å². The molecule has 0 heterocycles. The number of nitrogens with one attached hydrogen (secondary N) is 1. The Balaban J connectivity index is 0. The minimum absolute atomic E-state index is 0. The number of carbonyl (C=O) groups excluding carboxylic acids is 1. The molecule has 0 radical (unpaired) electrons. The molecule has 0 unspecified atom stereocenters. The molecule has 6 nitrogen and oxygen atoms in total. The van der Waals surface area contributed by atoms with E-state index in [-0.39, 0.29) is 41.3 Å². The van der Waals surface area contributed by atoms with Crippen LogP contribution in [0.25, 0.3) is 0 Å². The molecule has 1 fully saturated rings. The number of rotatable bonds is 2. The molecule has 0 bridgehead atoms. The summed E-state index contributed by atoms with van der Waals surface area (Å²) in [6.07, 6.45) is 7.86.